The normalized spacial score (nSPS) is 11.0. The number of benzene rings is 2. The SMILES string of the molecule is CO[NH2+]/C=C/c1ccc(SCc2ccccc2)cc1. The van der Waals surface area contributed by atoms with Crippen molar-refractivity contribution in [2.24, 2.45) is 0 Å². The number of hydroxylamine groups is 1. The molecule has 0 aliphatic heterocycles. The maximum Gasteiger partial charge on any atom is 0.126 e. The molecule has 0 saturated heterocycles. The van der Waals surface area contributed by atoms with Gasteiger partial charge in [0.25, 0.3) is 0 Å². The van der Waals surface area contributed by atoms with Gasteiger partial charge < -0.3 is 0 Å². The van der Waals surface area contributed by atoms with Crippen LogP contribution in [0.2, 0.25) is 0 Å². The van der Waals surface area contributed by atoms with Crippen LogP contribution in [-0.2, 0) is 10.6 Å². The zero-order valence-corrected chi connectivity index (χ0v) is 11.8. The lowest BCUT2D eigenvalue weighted by Gasteiger charge is -2.02. The standard InChI is InChI=1S/C16H17NOS/c1-18-17-12-11-14-7-9-16(10-8-14)19-13-15-5-3-2-4-6-15/h2-12,17H,13H2,1H3/p+1/b12-11+. The molecule has 2 aromatic carbocycles. The average molecular weight is 272 g/mol. The zero-order valence-electron chi connectivity index (χ0n) is 11.0. The summed E-state index contributed by atoms with van der Waals surface area (Å²) < 4.78 is 0. The van der Waals surface area contributed by atoms with E-state index in [9.17, 15) is 0 Å². The van der Waals surface area contributed by atoms with Crippen LogP contribution in [-0.4, -0.2) is 7.11 Å². The van der Waals surface area contributed by atoms with Crippen molar-refractivity contribution in [3.05, 3.63) is 71.9 Å². The molecule has 0 fully saturated rings. The Labute approximate surface area is 118 Å². The molecular formula is C16H18NOS+. The van der Waals surface area contributed by atoms with Crippen molar-refractivity contribution in [2.45, 2.75) is 10.6 Å². The van der Waals surface area contributed by atoms with Crippen molar-refractivity contribution >= 4 is 17.8 Å². The summed E-state index contributed by atoms with van der Waals surface area (Å²) in [5.74, 6) is 1.01. The van der Waals surface area contributed by atoms with Crippen LogP contribution in [0.1, 0.15) is 11.1 Å². The molecule has 3 heteroatoms. The van der Waals surface area contributed by atoms with E-state index in [0.29, 0.717) is 0 Å². The first-order valence-corrected chi connectivity index (χ1v) is 7.16. The van der Waals surface area contributed by atoms with E-state index in [1.54, 1.807) is 12.6 Å². The predicted octanol–water partition coefficient (Wildman–Crippen LogP) is 3.07. The summed E-state index contributed by atoms with van der Waals surface area (Å²) in [6.45, 7) is 0. The number of nitrogens with two attached hydrogens (primary N) is 1. The first-order valence-electron chi connectivity index (χ1n) is 6.18. The van der Waals surface area contributed by atoms with Gasteiger partial charge >= 0.3 is 0 Å². The van der Waals surface area contributed by atoms with E-state index < -0.39 is 0 Å². The topological polar surface area (TPSA) is 25.8 Å². The largest absolute Gasteiger partial charge is 0.205 e. The van der Waals surface area contributed by atoms with Crippen molar-refractivity contribution in [1.82, 2.24) is 0 Å². The molecule has 0 aromatic heterocycles. The molecule has 98 valence electrons. The van der Waals surface area contributed by atoms with Gasteiger partial charge in [-0.05, 0) is 23.3 Å². The van der Waals surface area contributed by atoms with Crippen LogP contribution in [0.4, 0.5) is 0 Å². The first kappa shape index (κ1) is 13.9. The van der Waals surface area contributed by atoms with Crippen molar-refractivity contribution in [3.63, 3.8) is 0 Å². The number of hydrogen-bond donors (Lipinski definition) is 1. The van der Waals surface area contributed by atoms with E-state index in [1.165, 1.54) is 16.0 Å². The van der Waals surface area contributed by atoms with Gasteiger partial charge in [-0.25, -0.2) is 4.84 Å². The monoisotopic (exact) mass is 272 g/mol. The Kier molecular flexibility index (Phi) is 5.69. The second-order valence-corrected chi connectivity index (χ2v) is 5.12. The van der Waals surface area contributed by atoms with Crippen LogP contribution in [0.25, 0.3) is 6.08 Å². The summed E-state index contributed by atoms with van der Waals surface area (Å²) in [6, 6.07) is 19.1. The molecule has 2 N–H and O–H groups in total. The molecule has 2 nitrogen and oxygen atoms in total. The van der Waals surface area contributed by atoms with Gasteiger partial charge in [-0.1, -0.05) is 42.5 Å². The predicted molar refractivity (Wildman–Crippen MR) is 80.4 cm³/mol. The quantitative estimate of drug-likeness (QED) is 0.646. The van der Waals surface area contributed by atoms with Gasteiger partial charge in [-0.2, -0.15) is 5.48 Å². The highest BCUT2D eigenvalue weighted by Gasteiger charge is 1.96. The van der Waals surface area contributed by atoms with Gasteiger partial charge in [-0.3, -0.25) is 0 Å². The smallest absolute Gasteiger partial charge is 0.126 e. The summed E-state index contributed by atoms with van der Waals surface area (Å²) in [4.78, 5) is 6.15. The third-order valence-electron chi connectivity index (χ3n) is 2.63. The molecular weight excluding hydrogens is 254 g/mol. The summed E-state index contributed by atoms with van der Waals surface area (Å²) in [5, 5.41) is 0. The minimum absolute atomic E-state index is 1.01. The highest BCUT2D eigenvalue weighted by Crippen LogP contribution is 2.23. The summed E-state index contributed by atoms with van der Waals surface area (Å²) in [5.41, 5.74) is 4.20. The Morgan fingerprint density at radius 1 is 1.05 bits per heavy atom. The lowest BCUT2D eigenvalue weighted by Crippen LogP contribution is -2.75. The maximum atomic E-state index is 4.86. The molecule has 19 heavy (non-hydrogen) atoms. The summed E-state index contributed by atoms with van der Waals surface area (Å²) >= 11 is 1.85. The highest BCUT2D eigenvalue weighted by atomic mass is 32.2. The Morgan fingerprint density at radius 2 is 1.79 bits per heavy atom. The van der Waals surface area contributed by atoms with Gasteiger partial charge in [0.1, 0.15) is 6.20 Å². The maximum absolute atomic E-state index is 4.86. The summed E-state index contributed by atoms with van der Waals surface area (Å²) in [7, 11) is 1.65. The third kappa shape index (κ3) is 4.91. The zero-order chi connectivity index (χ0) is 13.3. The van der Waals surface area contributed by atoms with Gasteiger partial charge in [-0.15, -0.1) is 11.8 Å². The van der Waals surface area contributed by atoms with E-state index >= 15 is 0 Å². The Balaban J connectivity index is 1.88. The fourth-order valence-electron chi connectivity index (χ4n) is 1.65. The molecule has 0 aliphatic carbocycles. The van der Waals surface area contributed by atoms with E-state index in [2.05, 4.69) is 48.5 Å². The Bertz CT molecular complexity index is 508. The van der Waals surface area contributed by atoms with Gasteiger partial charge in [0.15, 0.2) is 0 Å². The lowest BCUT2D eigenvalue weighted by atomic mass is 10.2. The molecule has 0 bridgehead atoms. The van der Waals surface area contributed by atoms with Crippen LogP contribution in [0, 0.1) is 0 Å². The van der Waals surface area contributed by atoms with Crippen LogP contribution in [0.15, 0.2) is 65.7 Å². The Morgan fingerprint density at radius 3 is 2.47 bits per heavy atom. The van der Waals surface area contributed by atoms with Gasteiger partial charge in [0.2, 0.25) is 0 Å². The molecule has 0 spiro atoms. The van der Waals surface area contributed by atoms with Crippen LogP contribution >= 0.6 is 11.8 Å². The molecule has 0 heterocycles. The molecule has 2 rings (SSSR count). The van der Waals surface area contributed by atoms with E-state index in [1.807, 2.05) is 30.1 Å². The second-order valence-electron chi connectivity index (χ2n) is 4.07. The molecule has 0 saturated carbocycles. The molecule has 0 amide bonds. The van der Waals surface area contributed by atoms with Gasteiger partial charge in [0.05, 0.1) is 7.11 Å². The average Bonchev–Trinajstić information content (AvgIpc) is 2.48. The van der Waals surface area contributed by atoms with Crippen LogP contribution in [0.5, 0.6) is 0 Å². The van der Waals surface area contributed by atoms with Crippen molar-refractivity contribution in [2.75, 3.05) is 7.11 Å². The fourth-order valence-corrected chi connectivity index (χ4v) is 2.50. The molecule has 2 aromatic rings. The Hall–Kier alpha value is -1.55. The molecule has 0 radical (unpaired) electrons. The van der Waals surface area contributed by atoms with Crippen molar-refractivity contribution in [3.8, 4) is 0 Å². The number of quaternary nitrogens is 1. The molecule has 0 aliphatic rings. The lowest BCUT2D eigenvalue weighted by molar-refractivity contribution is -0.841. The number of hydrogen-bond acceptors (Lipinski definition) is 2. The van der Waals surface area contributed by atoms with E-state index in [0.717, 1.165) is 5.75 Å². The molecule has 0 atom stereocenters. The van der Waals surface area contributed by atoms with Crippen LogP contribution in [0.3, 0.4) is 0 Å². The van der Waals surface area contributed by atoms with Gasteiger partial charge in [0, 0.05) is 16.7 Å². The van der Waals surface area contributed by atoms with E-state index in [-0.39, 0.29) is 0 Å². The van der Waals surface area contributed by atoms with Crippen molar-refractivity contribution < 1.29 is 10.3 Å². The van der Waals surface area contributed by atoms with Crippen molar-refractivity contribution in [1.29, 1.82) is 0 Å². The third-order valence-corrected chi connectivity index (χ3v) is 3.71. The highest BCUT2D eigenvalue weighted by molar-refractivity contribution is 7.98. The van der Waals surface area contributed by atoms with Crippen LogP contribution < -0.4 is 5.48 Å². The number of rotatable bonds is 6. The minimum Gasteiger partial charge on any atom is -0.205 e. The number of thioether (sulfide) groups is 1. The summed E-state index contributed by atoms with van der Waals surface area (Å²) in [6.07, 6.45) is 3.92. The van der Waals surface area contributed by atoms with E-state index in [4.69, 9.17) is 4.84 Å². The molecule has 0 unspecified atom stereocenters. The second kappa shape index (κ2) is 7.79. The fraction of sp³-hybridized carbons (Fsp3) is 0.125. The first-order chi connectivity index (χ1) is 9.38. The minimum atomic E-state index is 1.01.